The number of nitrogens with one attached hydrogen (secondary N) is 2. The first-order valence-electron chi connectivity index (χ1n) is 10.4. The summed E-state index contributed by atoms with van der Waals surface area (Å²) in [5.74, 6) is 5.36. The molecule has 35 heavy (non-hydrogen) atoms. The molecule has 12 heteroatoms. The van der Waals surface area contributed by atoms with Crippen LogP contribution < -0.4 is 26.8 Å². The second kappa shape index (κ2) is 12.5. The molecule has 4 N–H and O–H groups in total. The number of pyridine rings is 1. The van der Waals surface area contributed by atoms with E-state index in [-0.39, 0.29) is 30.5 Å². The Kier molecular flexibility index (Phi) is 9.16. The molecule has 2 aromatic heterocycles. The summed E-state index contributed by atoms with van der Waals surface area (Å²) in [4.78, 5) is 40.4. The van der Waals surface area contributed by atoms with E-state index in [1.54, 1.807) is 48.7 Å². The van der Waals surface area contributed by atoms with Crippen LogP contribution in [0.1, 0.15) is 16.6 Å². The van der Waals surface area contributed by atoms with E-state index in [4.69, 9.17) is 22.2 Å². The van der Waals surface area contributed by atoms with E-state index in [0.717, 1.165) is 11.3 Å². The number of benzene rings is 1. The van der Waals surface area contributed by atoms with Crippen LogP contribution in [-0.2, 0) is 4.79 Å². The van der Waals surface area contributed by atoms with E-state index >= 15 is 0 Å². The van der Waals surface area contributed by atoms with Gasteiger partial charge in [-0.25, -0.2) is 0 Å². The monoisotopic (exact) mass is 514 g/mol. The summed E-state index contributed by atoms with van der Waals surface area (Å²) in [7, 11) is 0. The highest BCUT2D eigenvalue weighted by molar-refractivity contribution is 7.18. The Labute approximate surface area is 210 Å². The van der Waals surface area contributed by atoms with Crippen LogP contribution in [0.15, 0.2) is 69.6 Å². The summed E-state index contributed by atoms with van der Waals surface area (Å²) in [5.41, 5.74) is 1.14. The van der Waals surface area contributed by atoms with Gasteiger partial charge in [0.25, 0.3) is 11.5 Å². The summed E-state index contributed by atoms with van der Waals surface area (Å²) >= 11 is 7.03. The Morgan fingerprint density at radius 1 is 1.20 bits per heavy atom. The number of hydrogen-bond acceptors (Lipinski definition) is 8. The van der Waals surface area contributed by atoms with Gasteiger partial charge in [0.15, 0.2) is 0 Å². The molecule has 0 aliphatic carbocycles. The normalized spacial score (nSPS) is 11.4. The zero-order valence-electron chi connectivity index (χ0n) is 18.7. The smallest absolute Gasteiger partial charge is 0.261 e. The highest BCUT2D eigenvalue weighted by Crippen LogP contribution is 2.29. The van der Waals surface area contributed by atoms with Crippen molar-refractivity contribution in [3.63, 3.8) is 0 Å². The Morgan fingerprint density at radius 3 is 2.71 bits per heavy atom. The molecular formula is C23H23ClN6O4S. The Balaban J connectivity index is 1.77. The average molecular weight is 515 g/mol. The first-order valence-corrected chi connectivity index (χ1v) is 11.6. The molecule has 0 saturated carbocycles. The third-order valence-electron chi connectivity index (χ3n) is 4.52. The number of carbonyl (C=O) groups is 2. The van der Waals surface area contributed by atoms with Crippen LogP contribution in [0.4, 0.5) is 5.69 Å². The van der Waals surface area contributed by atoms with Crippen molar-refractivity contribution in [2.24, 2.45) is 15.9 Å². The highest BCUT2D eigenvalue weighted by Gasteiger charge is 2.10. The van der Waals surface area contributed by atoms with Crippen LogP contribution >= 0.6 is 22.9 Å². The molecule has 10 nitrogen and oxygen atoms in total. The van der Waals surface area contributed by atoms with Crippen molar-refractivity contribution in [2.45, 2.75) is 6.92 Å². The van der Waals surface area contributed by atoms with Crippen molar-refractivity contribution in [1.29, 1.82) is 0 Å². The fourth-order valence-electron chi connectivity index (χ4n) is 2.87. The van der Waals surface area contributed by atoms with Gasteiger partial charge in [0, 0.05) is 25.3 Å². The predicted molar refractivity (Wildman–Crippen MR) is 138 cm³/mol. The Hall–Kier alpha value is -3.96. The Morgan fingerprint density at radius 2 is 2.03 bits per heavy atom. The number of ether oxygens (including phenoxy) is 1. The number of amides is 2. The second-order valence-electron chi connectivity index (χ2n) is 7.06. The van der Waals surface area contributed by atoms with Crippen LogP contribution in [0.5, 0.6) is 5.75 Å². The van der Waals surface area contributed by atoms with Gasteiger partial charge in [0.2, 0.25) is 5.91 Å². The molecule has 0 atom stereocenters. The number of hydrogen-bond donors (Lipinski definition) is 3. The van der Waals surface area contributed by atoms with E-state index in [1.165, 1.54) is 23.8 Å². The molecular weight excluding hydrogens is 492 g/mol. The lowest BCUT2D eigenvalue weighted by Crippen LogP contribution is -2.30. The van der Waals surface area contributed by atoms with E-state index in [2.05, 4.69) is 20.7 Å². The van der Waals surface area contributed by atoms with Gasteiger partial charge in [-0.1, -0.05) is 17.7 Å². The summed E-state index contributed by atoms with van der Waals surface area (Å²) in [6, 6.07) is 13.2. The minimum Gasteiger partial charge on any atom is -0.489 e. The van der Waals surface area contributed by atoms with Gasteiger partial charge < -0.3 is 21.2 Å². The maximum atomic E-state index is 12.2. The van der Waals surface area contributed by atoms with Gasteiger partial charge in [0.1, 0.15) is 18.0 Å². The van der Waals surface area contributed by atoms with Crippen molar-refractivity contribution in [3.8, 4) is 11.4 Å². The van der Waals surface area contributed by atoms with Crippen molar-refractivity contribution in [2.75, 3.05) is 19.7 Å². The van der Waals surface area contributed by atoms with Crippen molar-refractivity contribution in [3.05, 3.63) is 74.3 Å². The summed E-state index contributed by atoms with van der Waals surface area (Å²) in [6.45, 7) is 1.94. The lowest BCUT2D eigenvalue weighted by atomic mass is 10.2. The summed E-state index contributed by atoms with van der Waals surface area (Å²) in [5, 5.41) is 9.03. The standard InChI is InChI=1S/C23H23ClN6O4S/c1-15(31)26-9-11-34-19-12-17(30-10-3-2-4-22(30)32)5-6-18(19)27-13-16(29-25)14-28-23(33)20-7-8-21(24)35-20/h2-8,10,12-13H,9,11,14,25H2,1H3,(H,26,31)(H,28,33). The molecule has 2 amide bonds. The number of aliphatic imine (C=N–C) groups is 1. The molecule has 1 aromatic carbocycles. The van der Waals surface area contributed by atoms with Crippen molar-refractivity contribution < 1.29 is 14.3 Å². The van der Waals surface area contributed by atoms with Gasteiger partial charge in [-0.2, -0.15) is 5.10 Å². The van der Waals surface area contributed by atoms with Gasteiger partial charge in [-0.05, 0) is 30.3 Å². The lowest BCUT2D eigenvalue weighted by Gasteiger charge is -2.12. The molecule has 0 saturated heterocycles. The summed E-state index contributed by atoms with van der Waals surface area (Å²) in [6.07, 6.45) is 3.05. The summed E-state index contributed by atoms with van der Waals surface area (Å²) < 4.78 is 7.79. The fraction of sp³-hybridized carbons (Fsp3) is 0.174. The first kappa shape index (κ1) is 25.7. The molecule has 3 aromatic rings. The zero-order chi connectivity index (χ0) is 25.2. The highest BCUT2D eigenvalue weighted by atomic mass is 35.5. The molecule has 0 spiro atoms. The predicted octanol–water partition coefficient (Wildman–Crippen LogP) is 2.51. The third-order valence-corrected chi connectivity index (χ3v) is 5.75. The average Bonchev–Trinajstić information content (AvgIpc) is 3.29. The minimum atomic E-state index is -0.309. The van der Waals surface area contributed by atoms with Crippen LogP contribution in [0.2, 0.25) is 4.34 Å². The van der Waals surface area contributed by atoms with E-state index in [1.807, 2.05) is 0 Å². The molecule has 182 valence electrons. The van der Waals surface area contributed by atoms with Gasteiger partial charge in [-0.15, -0.1) is 11.3 Å². The van der Waals surface area contributed by atoms with Crippen molar-refractivity contribution in [1.82, 2.24) is 15.2 Å². The molecule has 0 bridgehead atoms. The number of rotatable bonds is 10. The maximum absolute atomic E-state index is 12.2. The lowest BCUT2D eigenvalue weighted by molar-refractivity contribution is -0.119. The van der Waals surface area contributed by atoms with E-state index in [0.29, 0.717) is 38.6 Å². The maximum Gasteiger partial charge on any atom is 0.261 e. The number of carbonyl (C=O) groups excluding carboxylic acids is 2. The number of hydrazone groups is 1. The molecule has 2 heterocycles. The van der Waals surface area contributed by atoms with Gasteiger partial charge in [0.05, 0.1) is 39.9 Å². The van der Waals surface area contributed by atoms with E-state index in [9.17, 15) is 14.4 Å². The SMILES string of the molecule is CC(=O)NCCOc1cc(-n2ccccc2=O)ccc1N=CC(CNC(=O)c1ccc(Cl)s1)=NN. The number of thiophene rings is 1. The molecule has 0 aliphatic heterocycles. The van der Waals surface area contributed by atoms with Crippen LogP contribution in [0, 0.1) is 0 Å². The van der Waals surface area contributed by atoms with Crippen LogP contribution in [-0.4, -0.2) is 48.0 Å². The molecule has 0 radical (unpaired) electrons. The van der Waals surface area contributed by atoms with E-state index < -0.39 is 0 Å². The van der Waals surface area contributed by atoms with Crippen LogP contribution in [0.25, 0.3) is 5.69 Å². The first-order chi connectivity index (χ1) is 16.9. The number of halogens is 1. The second-order valence-corrected chi connectivity index (χ2v) is 8.77. The quantitative estimate of drug-likeness (QED) is 0.165. The third kappa shape index (κ3) is 7.52. The molecule has 3 rings (SSSR count). The topological polar surface area (TPSA) is 140 Å². The molecule has 0 fully saturated rings. The van der Waals surface area contributed by atoms with Crippen molar-refractivity contribution >= 4 is 52.4 Å². The molecule has 0 unspecified atom stereocenters. The Bertz CT molecular complexity index is 1320. The number of aromatic nitrogens is 1. The number of nitrogens with zero attached hydrogens (tertiary/aromatic N) is 3. The van der Waals surface area contributed by atoms with Gasteiger partial charge >= 0.3 is 0 Å². The fourth-order valence-corrected chi connectivity index (χ4v) is 3.83. The zero-order valence-corrected chi connectivity index (χ0v) is 20.3. The largest absolute Gasteiger partial charge is 0.489 e. The molecule has 0 aliphatic rings. The minimum absolute atomic E-state index is 0.0462. The van der Waals surface area contributed by atoms with Crippen LogP contribution in [0.3, 0.4) is 0 Å². The number of nitrogens with two attached hydrogens (primary N) is 1. The van der Waals surface area contributed by atoms with Gasteiger partial charge in [-0.3, -0.25) is 23.9 Å².